The van der Waals surface area contributed by atoms with Gasteiger partial charge in [0, 0.05) is 7.05 Å². The summed E-state index contributed by atoms with van der Waals surface area (Å²) in [4.78, 5) is 27.5. The first-order valence-corrected chi connectivity index (χ1v) is 6.90. The molecule has 9 heteroatoms. The number of amides is 3. The second-order valence-electron chi connectivity index (χ2n) is 3.98. The van der Waals surface area contributed by atoms with Crippen molar-refractivity contribution < 1.29 is 9.59 Å². The zero-order valence-electron chi connectivity index (χ0n) is 11.2. The number of nitrogen functional groups attached to an aromatic ring is 1. The van der Waals surface area contributed by atoms with Gasteiger partial charge in [0.05, 0.1) is 0 Å². The number of carbonyl (C=O) groups excluding carboxylic acids is 2. The quantitative estimate of drug-likeness (QED) is 0.615. The number of carbonyl (C=O) groups is 2. The third-order valence-corrected chi connectivity index (χ3v) is 3.63. The summed E-state index contributed by atoms with van der Waals surface area (Å²) in [7, 11) is 1.43. The molecular formula is C12H14N6O2S. The molecule has 110 valence electrons. The fourth-order valence-corrected chi connectivity index (χ4v) is 2.48. The normalized spacial score (nSPS) is 11.7. The maximum atomic E-state index is 12.2. The van der Waals surface area contributed by atoms with E-state index in [0.29, 0.717) is 5.16 Å². The summed E-state index contributed by atoms with van der Waals surface area (Å²) in [5.41, 5.74) is 6.19. The molecule has 0 aliphatic heterocycles. The Balaban J connectivity index is 2.22. The van der Waals surface area contributed by atoms with E-state index in [1.165, 1.54) is 7.05 Å². The molecule has 1 aromatic carbocycles. The number of aromatic nitrogens is 3. The molecule has 0 bridgehead atoms. The number of rotatable bonds is 4. The number of benzene rings is 1. The molecule has 1 aromatic heterocycles. The average Bonchev–Trinajstić information content (AvgIpc) is 2.90. The first-order chi connectivity index (χ1) is 10.1. The van der Waals surface area contributed by atoms with Crippen LogP contribution in [0, 0.1) is 0 Å². The number of H-pyrrole nitrogens is 1. The van der Waals surface area contributed by atoms with Crippen LogP contribution in [0.3, 0.4) is 0 Å². The summed E-state index contributed by atoms with van der Waals surface area (Å²) in [6.07, 6.45) is 0. The lowest BCUT2D eigenvalue weighted by molar-refractivity contribution is -0.119. The fourth-order valence-electron chi connectivity index (χ4n) is 1.56. The number of anilines is 1. The van der Waals surface area contributed by atoms with Crippen LogP contribution in [-0.2, 0) is 4.79 Å². The lowest BCUT2D eigenvalue weighted by atomic mass is 10.1. The van der Waals surface area contributed by atoms with Crippen molar-refractivity contribution >= 4 is 29.6 Å². The third kappa shape index (κ3) is 3.96. The van der Waals surface area contributed by atoms with Crippen molar-refractivity contribution in [1.82, 2.24) is 25.8 Å². The van der Waals surface area contributed by atoms with E-state index < -0.39 is 17.2 Å². The Hall–Kier alpha value is -2.55. The van der Waals surface area contributed by atoms with Gasteiger partial charge in [-0.2, -0.15) is 4.98 Å². The summed E-state index contributed by atoms with van der Waals surface area (Å²) < 4.78 is 0. The maximum Gasteiger partial charge on any atom is 0.321 e. The van der Waals surface area contributed by atoms with Crippen LogP contribution in [-0.4, -0.2) is 34.2 Å². The van der Waals surface area contributed by atoms with Crippen LogP contribution < -0.4 is 16.4 Å². The Morgan fingerprint density at radius 3 is 2.62 bits per heavy atom. The van der Waals surface area contributed by atoms with E-state index in [9.17, 15) is 9.59 Å². The number of hydrogen-bond acceptors (Lipinski definition) is 6. The smallest absolute Gasteiger partial charge is 0.321 e. The Morgan fingerprint density at radius 2 is 2.05 bits per heavy atom. The van der Waals surface area contributed by atoms with Gasteiger partial charge in [0.15, 0.2) is 0 Å². The molecule has 0 saturated heterocycles. The van der Waals surface area contributed by atoms with Gasteiger partial charge in [-0.1, -0.05) is 42.1 Å². The predicted molar refractivity (Wildman–Crippen MR) is 78.4 cm³/mol. The lowest BCUT2D eigenvalue weighted by Crippen LogP contribution is -2.39. The van der Waals surface area contributed by atoms with E-state index in [1.54, 1.807) is 12.1 Å². The Morgan fingerprint density at radius 1 is 1.33 bits per heavy atom. The van der Waals surface area contributed by atoms with Crippen molar-refractivity contribution in [2.24, 2.45) is 0 Å². The Bertz CT molecular complexity index is 630. The van der Waals surface area contributed by atoms with Crippen LogP contribution in [0.1, 0.15) is 10.8 Å². The molecule has 0 aliphatic carbocycles. The summed E-state index contributed by atoms with van der Waals surface area (Å²) in [5, 5.41) is 10.6. The number of hydrogen-bond donors (Lipinski definition) is 4. The highest BCUT2D eigenvalue weighted by atomic mass is 32.2. The minimum absolute atomic E-state index is 0.163. The molecule has 0 radical (unpaired) electrons. The number of nitrogens with one attached hydrogen (secondary N) is 3. The molecule has 21 heavy (non-hydrogen) atoms. The summed E-state index contributed by atoms with van der Waals surface area (Å²) >= 11 is 1.10. The zero-order chi connectivity index (χ0) is 15.2. The molecule has 0 unspecified atom stereocenters. The molecular weight excluding hydrogens is 292 g/mol. The van der Waals surface area contributed by atoms with Crippen LogP contribution in [0.5, 0.6) is 0 Å². The van der Waals surface area contributed by atoms with E-state index in [-0.39, 0.29) is 5.95 Å². The SMILES string of the molecule is CNC(=O)NC(=O)[C@H](Sc1n[nH]c(N)n1)c1ccccc1. The van der Waals surface area contributed by atoms with Crippen molar-refractivity contribution in [3.8, 4) is 0 Å². The third-order valence-electron chi connectivity index (χ3n) is 2.51. The zero-order valence-corrected chi connectivity index (χ0v) is 12.0. The van der Waals surface area contributed by atoms with E-state index >= 15 is 0 Å². The van der Waals surface area contributed by atoms with Gasteiger partial charge in [0.2, 0.25) is 17.0 Å². The summed E-state index contributed by atoms with van der Waals surface area (Å²) in [5.74, 6) is -0.301. The molecule has 8 nitrogen and oxygen atoms in total. The molecule has 5 N–H and O–H groups in total. The minimum atomic E-state index is -0.668. The number of aromatic amines is 1. The molecule has 1 atom stereocenters. The lowest BCUT2D eigenvalue weighted by Gasteiger charge is -2.14. The van der Waals surface area contributed by atoms with E-state index in [0.717, 1.165) is 17.3 Å². The minimum Gasteiger partial charge on any atom is -0.368 e. The second-order valence-corrected chi connectivity index (χ2v) is 5.05. The van der Waals surface area contributed by atoms with Gasteiger partial charge in [-0.3, -0.25) is 10.1 Å². The predicted octanol–water partition coefficient (Wildman–Crippen LogP) is 0.676. The number of nitrogens with two attached hydrogens (primary N) is 1. The van der Waals surface area contributed by atoms with E-state index in [4.69, 9.17) is 5.73 Å². The monoisotopic (exact) mass is 306 g/mol. The van der Waals surface area contributed by atoms with Gasteiger partial charge < -0.3 is 11.1 Å². The second kappa shape index (κ2) is 6.75. The molecule has 0 fully saturated rings. The molecule has 0 spiro atoms. The molecule has 2 rings (SSSR count). The van der Waals surface area contributed by atoms with Crippen LogP contribution in [0.15, 0.2) is 35.5 Å². The van der Waals surface area contributed by atoms with Gasteiger partial charge in [-0.25, -0.2) is 9.89 Å². The maximum absolute atomic E-state index is 12.2. The van der Waals surface area contributed by atoms with Gasteiger partial charge in [0.25, 0.3) is 0 Å². The first kappa shape index (κ1) is 14.9. The number of thioether (sulfide) groups is 1. The largest absolute Gasteiger partial charge is 0.368 e. The van der Waals surface area contributed by atoms with E-state index in [1.807, 2.05) is 18.2 Å². The fraction of sp³-hybridized carbons (Fsp3) is 0.167. The van der Waals surface area contributed by atoms with Crippen molar-refractivity contribution in [3.05, 3.63) is 35.9 Å². The van der Waals surface area contributed by atoms with E-state index in [2.05, 4.69) is 25.8 Å². The average molecular weight is 306 g/mol. The van der Waals surface area contributed by atoms with Crippen molar-refractivity contribution in [2.75, 3.05) is 12.8 Å². The van der Waals surface area contributed by atoms with Gasteiger partial charge in [-0.15, -0.1) is 5.10 Å². The number of urea groups is 1. The number of imide groups is 1. The Labute approximate surface area is 124 Å². The van der Waals surface area contributed by atoms with Gasteiger partial charge in [-0.05, 0) is 5.56 Å². The van der Waals surface area contributed by atoms with Crippen LogP contribution >= 0.6 is 11.8 Å². The van der Waals surface area contributed by atoms with Gasteiger partial charge in [0.1, 0.15) is 5.25 Å². The van der Waals surface area contributed by atoms with Crippen molar-refractivity contribution in [1.29, 1.82) is 0 Å². The highest BCUT2D eigenvalue weighted by Gasteiger charge is 2.25. The molecule has 0 aliphatic rings. The highest BCUT2D eigenvalue weighted by Crippen LogP contribution is 2.33. The topological polar surface area (TPSA) is 126 Å². The van der Waals surface area contributed by atoms with Crippen LogP contribution in [0.25, 0.3) is 0 Å². The van der Waals surface area contributed by atoms with Crippen LogP contribution in [0.2, 0.25) is 0 Å². The molecule has 0 saturated carbocycles. The van der Waals surface area contributed by atoms with Crippen LogP contribution in [0.4, 0.5) is 10.7 Å². The molecule has 2 aromatic rings. The number of nitrogens with zero attached hydrogens (tertiary/aromatic N) is 2. The van der Waals surface area contributed by atoms with Crippen molar-refractivity contribution in [2.45, 2.75) is 10.4 Å². The summed E-state index contributed by atoms with van der Waals surface area (Å²) in [6.45, 7) is 0. The Kier molecular flexibility index (Phi) is 4.77. The standard InChI is InChI=1S/C12H14N6O2S/c1-14-11(20)15-9(19)8(7-5-3-2-4-6-7)21-12-16-10(13)17-18-12/h2-6,8H,1H3,(H3,13,16,17,18)(H2,14,15,19,20)/t8-/m1/s1. The molecule has 3 amide bonds. The highest BCUT2D eigenvalue weighted by molar-refractivity contribution is 8.00. The summed E-state index contributed by atoms with van der Waals surface area (Å²) in [6, 6.07) is 8.46. The van der Waals surface area contributed by atoms with Gasteiger partial charge >= 0.3 is 6.03 Å². The first-order valence-electron chi connectivity index (χ1n) is 6.02. The van der Waals surface area contributed by atoms with Crippen molar-refractivity contribution in [3.63, 3.8) is 0 Å². The molecule has 1 heterocycles.